The first kappa shape index (κ1) is 16.2. The Morgan fingerprint density at radius 1 is 1.13 bits per heavy atom. The van der Waals surface area contributed by atoms with Gasteiger partial charge >= 0.3 is 0 Å². The Balaban J connectivity index is 1.69. The molecule has 1 aliphatic rings. The third-order valence-corrected chi connectivity index (χ3v) is 4.79. The maximum Gasteiger partial charge on any atom is 0.244 e. The summed E-state index contributed by atoms with van der Waals surface area (Å²) in [6.45, 7) is 2.07. The zero-order chi connectivity index (χ0) is 16.1. The molecule has 0 radical (unpaired) electrons. The monoisotopic (exact) mass is 375 g/mol. The number of hydrogen-bond acceptors (Lipinski definition) is 5. The van der Waals surface area contributed by atoms with Crippen LogP contribution in [0, 0.1) is 6.92 Å². The molecule has 122 valence electrons. The second-order valence-electron chi connectivity index (χ2n) is 6.11. The number of nitrogens with one attached hydrogen (secondary N) is 2. The number of halogens is 1. The van der Waals surface area contributed by atoms with Crippen LogP contribution in [0.2, 0.25) is 0 Å². The molecule has 0 bridgehead atoms. The summed E-state index contributed by atoms with van der Waals surface area (Å²) in [4.78, 5) is 4.54. The van der Waals surface area contributed by atoms with Gasteiger partial charge in [0, 0.05) is 10.5 Å². The number of anilines is 3. The van der Waals surface area contributed by atoms with E-state index in [1.54, 1.807) is 6.20 Å². The SMILES string of the molecule is Cc1ccc(Nc2cnnc(NC3CCCCCC3)n2)c(Br)c1. The van der Waals surface area contributed by atoms with Gasteiger partial charge in [0.2, 0.25) is 5.95 Å². The molecule has 23 heavy (non-hydrogen) atoms. The maximum atomic E-state index is 4.54. The lowest BCUT2D eigenvalue weighted by Gasteiger charge is -2.16. The number of hydrogen-bond donors (Lipinski definition) is 2. The van der Waals surface area contributed by atoms with Crippen LogP contribution in [-0.4, -0.2) is 21.2 Å². The fourth-order valence-electron chi connectivity index (χ4n) is 2.89. The predicted octanol–water partition coefficient (Wildman–Crippen LogP) is 4.82. The Labute approximate surface area is 145 Å². The number of benzene rings is 1. The van der Waals surface area contributed by atoms with Crippen LogP contribution in [0.15, 0.2) is 28.9 Å². The van der Waals surface area contributed by atoms with Gasteiger partial charge in [-0.25, -0.2) is 0 Å². The van der Waals surface area contributed by atoms with Gasteiger partial charge in [-0.3, -0.25) is 0 Å². The zero-order valence-electron chi connectivity index (χ0n) is 13.3. The van der Waals surface area contributed by atoms with Crippen LogP contribution in [0.5, 0.6) is 0 Å². The lowest BCUT2D eigenvalue weighted by atomic mass is 10.1. The molecule has 1 saturated carbocycles. The van der Waals surface area contributed by atoms with Gasteiger partial charge in [-0.1, -0.05) is 31.7 Å². The van der Waals surface area contributed by atoms with Crippen LogP contribution >= 0.6 is 15.9 Å². The minimum absolute atomic E-state index is 0.459. The van der Waals surface area contributed by atoms with E-state index >= 15 is 0 Å². The van der Waals surface area contributed by atoms with E-state index in [1.165, 1.54) is 44.1 Å². The first-order valence-electron chi connectivity index (χ1n) is 8.20. The second kappa shape index (κ2) is 7.73. The van der Waals surface area contributed by atoms with E-state index < -0.39 is 0 Å². The topological polar surface area (TPSA) is 62.7 Å². The van der Waals surface area contributed by atoms with Gasteiger partial charge in [-0.2, -0.15) is 10.1 Å². The molecule has 5 nitrogen and oxygen atoms in total. The van der Waals surface area contributed by atoms with E-state index in [9.17, 15) is 0 Å². The van der Waals surface area contributed by atoms with Crippen LogP contribution in [0.3, 0.4) is 0 Å². The van der Waals surface area contributed by atoms with Gasteiger partial charge in [0.05, 0.1) is 11.9 Å². The molecule has 0 aliphatic heterocycles. The molecule has 0 amide bonds. The van der Waals surface area contributed by atoms with Crippen LogP contribution in [-0.2, 0) is 0 Å². The van der Waals surface area contributed by atoms with Crippen LogP contribution < -0.4 is 10.6 Å². The van der Waals surface area contributed by atoms with E-state index in [-0.39, 0.29) is 0 Å². The number of aryl methyl sites for hydroxylation is 1. The normalized spacial score (nSPS) is 15.9. The summed E-state index contributed by atoms with van der Waals surface area (Å²) in [5.74, 6) is 1.30. The third-order valence-electron chi connectivity index (χ3n) is 4.13. The fraction of sp³-hybridized carbons (Fsp3) is 0.471. The molecule has 3 rings (SSSR count). The molecule has 0 atom stereocenters. The molecule has 1 heterocycles. The lowest BCUT2D eigenvalue weighted by Crippen LogP contribution is -2.20. The molecule has 1 aromatic carbocycles. The quantitative estimate of drug-likeness (QED) is 0.749. The first-order valence-corrected chi connectivity index (χ1v) is 8.99. The van der Waals surface area contributed by atoms with Crippen molar-refractivity contribution in [3.8, 4) is 0 Å². The number of aromatic nitrogens is 3. The van der Waals surface area contributed by atoms with E-state index in [2.05, 4.69) is 60.8 Å². The van der Waals surface area contributed by atoms with Gasteiger partial charge in [0.15, 0.2) is 5.82 Å². The average molecular weight is 376 g/mol. The van der Waals surface area contributed by atoms with Crippen molar-refractivity contribution in [2.45, 2.75) is 51.5 Å². The summed E-state index contributed by atoms with van der Waals surface area (Å²) in [7, 11) is 0. The molecule has 0 unspecified atom stereocenters. The van der Waals surface area contributed by atoms with Crippen molar-refractivity contribution in [2.75, 3.05) is 10.6 Å². The Bertz CT molecular complexity index is 653. The molecule has 2 aromatic rings. The van der Waals surface area contributed by atoms with E-state index in [4.69, 9.17) is 0 Å². The van der Waals surface area contributed by atoms with Crippen molar-refractivity contribution in [3.63, 3.8) is 0 Å². The molecule has 6 heteroatoms. The van der Waals surface area contributed by atoms with E-state index in [0.29, 0.717) is 17.8 Å². The average Bonchev–Trinajstić information content (AvgIpc) is 2.79. The highest BCUT2D eigenvalue weighted by molar-refractivity contribution is 9.10. The predicted molar refractivity (Wildman–Crippen MR) is 97.1 cm³/mol. The maximum absolute atomic E-state index is 4.54. The van der Waals surface area contributed by atoms with Gasteiger partial charge in [0.1, 0.15) is 0 Å². The molecule has 1 aliphatic carbocycles. The highest BCUT2D eigenvalue weighted by Gasteiger charge is 2.13. The van der Waals surface area contributed by atoms with Crippen LogP contribution in [0.1, 0.15) is 44.1 Å². The van der Waals surface area contributed by atoms with Crippen molar-refractivity contribution in [1.29, 1.82) is 0 Å². The molecule has 1 fully saturated rings. The zero-order valence-corrected chi connectivity index (χ0v) is 14.9. The fourth-order valence-corrected chi connectivity index (χ4v) is 3.48. The Morgan fingerprint density at radius 2 is 1.91 bits per heavy atom. The molecule has 2 N–H and O–H groups in total. The highest BCUT2D eigenvalue weighted by Crippen LogP contribution is 2.26. The minimum Gasteiger partial charge on any atom is -0.350 e. The van der Waals surface area contributed by atoms with Gasteiger partial charge < -0.3 is 10.6 Å². The molecule has 1 aromatic heterocycles. The number of nitrogens with zero attached hydrogens (tertiary/aromatic N) is 3. The smallest absolute Gasteiger partial charge is 0.244 e. The Morgan fingerprint density at radius 3 is 2.65 bits per heavy atom. The summed E-state index contributed by atoms with van der Waals surface area (Å²) >= 11 is 3.57. The lowest BCUT2D eigenvalue weighted by molar-refractivity contribution is 0.613. The Kier molecular flexibility index (Phi) is 5.43. The van der Waals surface area contributed by atoms with Gasteiger partial charge in [-0.15, -0.1) is 5.10 Å². The van der Waals surface area contributed by atoms with Crippen LogP contribution in [0.25, 0.3) is 0 Å². The van der Waals surface area contributed by atoms with Crippen molar-refractivity contribution in [3.05, 3.63) is 34.4 Å². The van der Waals surface area contributed by atoms with E-state index in [0.717, 1.165) is 10.2 Å². The van der Waals surface area contributed by atoms with Crippen molar-refractivity contribution >= 4 is 33.4 Å². The molecular formula is C17H22BrN5. The standard InChI is InChI=1S/C17H22BrN5/c1-12-8-9-15(14(18)10-12)21-16-11-19-23-17(22-16)20-13-6-4-2-3-5-7-13/h8-11,13H,2-7H2,1H3,(H2,20,21,22,23). The Hall–Kier alpha value is -1.69. The summed E-state index contributed by atoms with van der Waals surface area (Å²) in [5.41, 5.74) is 2.18. The summed E-state index contributed by atoms with van der Waals surface area (Å²) in [6, 6.07) is 6.62. The van der Waals surface area contributed by atoms with E-state index in [1.807, 2.05) is 6.07 Å². The van der Waals surface area contributed by atoms with Gasteiger partial charge in [-0.05, 0) is 53.4 Å². The second-order valence-corrected chi connectivity index (χ2v) is 6.96. The molecule has 0 spiro atoms. The number of rotatable bonds is 4. The minimum atomic E-state index is 0.459. The molecular weight excluding hydrogens is 354 g/mol. The van der Waals surface area contributed by atoms with Crippen molar-refractivity contribution in [2.24, 2.45) is 0 Å². The summed E-state index contributed by atoms with van der Waals surface area (Å²) in [5, 5.41) is 14.9. The first-order chi connectivity index (χ1) is 11.2. The van der Waals surface area contributed by atoms with Crippen molar-refractivity contribution in [1.82, 2.24) is 15.2 Å². The van der Waals surface area contributed by atoms with Gasteiger partial charge in [0.25, 0.3) is 0 Å². The summed E-state index contributed by atoms with van der Waals surface area (Å²) in [6.07, 6.45) is 9.24. The largest absolute Gasteiger partial charge is 0.350 e. The molecule has 0 saturated heterocycles. The third kappa shape index (κ3) is 4.64. The highest BCUT2D eigenvalue weighted by atomic mass is 79.9. The van der Waals surface area contributed by atoms with Crippen molar-refractivity contribution < 1.29 is 0 Å². The van der Waals surface area contributed by atoms with Crippen LogP contribution in [0.4, 0.5) is 17.5 Å². The summed E-state index contributed by atoms with van der Waals surface area (Å²) < 4.78 is 1.01.